The van der Waals surface area contributed by atoms with E-state index in [1.54, 1.807) is 60.7 Å². The number of carbonyl (C=O) groups is 3. The molecule has 0 aliphatic carbocycles. The Morgan fingerprint density at radius 1 is 0.970 bits per heavy atom. The maximum atomic E-state index is 13.0. The second kappa shape index (κ2) is 13.8. The molecule has 0 heterocycles. The van der Waals surface area contributed by atoms with Gasteiger partial charge in [-0.25, -0.2) is 9.59 Å². The molecule has 33 heavy (non-hydrogen) atoms. The summed E-state index contributed by atoms with van der Waals surface area (Å²) in [5.74, 6) is -2.42. The molecule has 0 aliphatic rings. The van der Waals surface area contributed by atoms with E-state index in [4.69, 9.17) is 24.7 Å². The smallest absolute Gasteiger partial charge is 0.413 e. The molecule has 0 radical (unpaired) electrons. The summed E-state index contributed by atoms with van der Waals surface area (Å²) in [5, 5.41) is 9.91. The number of ether oxygens (including phenoxy) is 4. The Morgan fingerprint density at radius 3 is 2.12 bits per heavy atom. The molecule has 2 rings (SSSR count). The van der Waals surface area contributed by atoms with Gasteiger partial charge in [0, 0.05) is 13.5 Å². The lowest BCUT2D eigenvalue weighted by Crippen LogP contribution is -2.57. The van der Waals surface area contributed by atoms with Gasteiger partial charge >= 0.3 is 12.1 Å². The van der Waals surface area contributed by atoms with E-state index in [0.717, 1.165) is 0 Å². The van der Waals surface area contributed by atoms with Gasteiger partial charge in [0.05, 0.1) is 13.2 Å². The number of hydrogen-bond donors (Lipinski definition) is 2. The van der Waals surface area contributed by atoms with Crippen LogP contribution in [0.5, 0.6) is 0 Å². The molecule has 178 valence electrons. The molecule has 1 unspecified atom stereocenters. The number of primary amides is 1. The summed E-state index contributed by atoms with van der Waals surface area (Å²) in [7, 11) is 1.49. The van der Waals surface area contributed by atoms with Crippen molar-refractivity contribution in [2.75, 3.05) is 27.1 Å². The monoisotopic (exact) mass is 460 g/mol. The van der Waals surface area contributed by atoms with E-state index in [1.807, 2.05) is 0 Å². The average Bonchev–Trinajstić information content (AvgIpc) is 2.81. The highest BCUT2D eigenvalue weighted by molar-refractivity contribution is 5.87. The van der Waals surface area contributed by atoms with Gasteiger partial charge in [-0.05, 0) is 11.1 Å². The number of rotatable bonds is 14. The zero-order valence-electron chi connectivity index (χ0n) is 18.3. The minimum Gasteiger partial charge on any atom is -0.480 e. The van der Waals surface area contributed by atoms with Gasteiger partial charge in [0.1, 0.15) is 19.4 Å². The maximum Gasteiger partial charge on any atom is 0.413 e. The van der Waals surface area contributed by atoms with Crippen LogP contribution in [0.25, 0.3) is 0 Å². The van der Waals surface area contributed by atoms with E-state index in [-0.39, 0.29) is 26.2 Å². The highest BCUT2D eigenvalue weighted by atomic mass is 16.7. The number of nitrogens with zero attached hydrogens (tertiary/aromatic N) is 1. The summed E-state index contributed by atoms with van der Waals surface area (Å²) in [4.78, 5) is 38.1. The molecule has 10 heteroatoms. The zero-order valence-corrected chi connectivity index (χ0v) is 18.3. The topological polar surface area (TPSA) is 138 Å². The van der Waals surface area contributed by atoms with Crippen LogP contribution >= 0.6 is 0 Å². The molecule has 0 fully saturated rings. The lowest BCUT2D eigenvalue weighted by atomic mass is 10.0. The predicted molar refractivity (Wildman–Crippen MR) is 117 cm³/mol. The minimum absolute atomic E-state index is 0.103. The van der Waals surface area contributed by atoms with Crippen molar-refractivity contribution in [1.82, 2.24) is 4.90 Å². The number of methoxy groups -OCH3 is 1. The van der Waals surface area contributed by atoms with Gasteiger partial charge in [-0.15, -0.1) is 0 Å². The number of aliphatic carboxylic acids is 1. The highest BCUT2D eigenvalue weighted by Gasteiger charge is 2.40. The number of carboxylic acids is 1. The van der Waals surface area contributed by atoms with E-state index < -0.39 is 37.0 Å². The lowest BCUT2D eigenvalue weighted by Gasteiger charge is -2.33. The van der Waals surface area contributed by atoms with Gasteiger partial charge in [-0.2, -0.15) is 0 Å². The van der Waals surface area contributed by atoms with Gasteiger partial charge in [0.15, 0.2) is 0 Å². The van der Waals surface area contributed by atoms with E-state index in [1.165, 1.54) is 7.11 Å². The summed E-state index contributed by atoms with van der Waals surface area (Å²) in [6.07, 6.45) is -2.91. The lowest BCUT2D eigenvalue weighted by molar-refractivity contribution is -0.173. The first kappa shape index (κ1) is 25.8. The van der Waals surface area contributed by atoms with Gasteiger partial charge in [0.25, 0.3) is 5.91 Å². The van der Waals surface area contributed by atoms with Gasteiger partial charge in [0.2, 0.25) is 6.23 Å². The molecule has 2 amide bonds. The molecule has 0 spiro atoms. The van der Waals surface area contributed by atoms with Crippen LogP contribution in [0.3, 0.4) is 0 Å². The summed E-state index contributed by atoms with van der Waals surface area (Å²) in [5.41, 5.74) is 6.78. The molecular weight excluding hydrogens is 432 g/mol. The number of nitrogens with two attached hydrogens (primary N) is 1. The molecule has 0 aromatic heterocycles. The number of hydrogen-bond acceptors (Lipinski definition) is 7. The predicted octanol–water partition coefficient (Wildman–Crippen LogP) is 1.77. The third kappa shape index (κ3) is 8.53. The molecule has 0 aliphatic heterocycles. The highest BCUT2D eigenvalue weighted by Crippen LogP contribution is 2.17. The quantitative estimate of drug-likeness (QED) is 0.321. The maximum absolute atomic E-state index is 13.0. The first-order valence-corrected chi connectivity index (χ1v) is 10.2. The molecule has 0 bridgehead atoms. The van der Waals surface area contributed by atoms with E-state index in [0.29, 0.717) is 16.0 Å². The fourth-order valence-corrected chi connectivity index (χ4v) is 2.94. The van der Waals surface area contributed by atoms with Crippen LogP contribution in [0.2, 0.25) is 0 Å². The second-order valence-corrected chi connectivity index (χ2v) is 6.93. The molecule has 0 saturated carbocycles. The number of carbonyl (C=O) groups excluding carboxylic acids is 2. The van der Waals surface area contributed by atoms with Crippen LogP contribution in [0.4, 0.5) is 4.79 Å². The first-order chi connectivity index (χ1) is 15.9. The number of carboxylic acid groups (broad SMARTS) is 1. The van der Waals surface area contributed by atoms with Crippen LogP contribution in [0, 0.1) is 0 Å². The Kier molecular flexibility index (Phi) is 10.8. The summed E-state index contributed by atoms with van der Waals surface area (Å²) >= 11 is 0. The number of amides is 2. The van der Waals surface area contributed by atoms with Crippen molar-refractivity contribution in [3.05, 3.63) is 71.8 Å². The van der Waals surface area contributed by atoms with Crippen LogP contribution < -0.4 is 5.73 Å². The standard InChI is InChI=1S/C23H28N2O8/c1-30-12-13-31-16-33-21(20(24)26)25(23(29)32-15-18-10-6-3-7-11-18)19(22(27)28)14-17-8-4-2-5-9-17/h2-11,19,21H,12-16H2,1H3,(H2,24,26)(H,27,28)/t19-,21?/m0/s1. The van der Waals surface area contributed by atoms with E-state index in [2.05, 4.69) is 0 Å². The Balaban J connectivity index is 2.27. The Bertz CT molecular complexity index is 879. The van der Waals surface area contributed by atoms with Crippen LogP contribution in [-0.2, 0) is 41.6 Å². The van der Waals surface area contributed by atoms with Gasteiger partial charge < -0.3 is 29.8 Å². The van der Waals surface area contributed by atoms with Crippen molar-refractivity contribution in [2.24, 2.45) is 5.73 Å². The van der Waals surface area contributed by atoms with E-state index >= 15 is 0 Å². The Hall–Kier alpha value is -3.47. The summed E-state index contributed by atoms with van der Waals surface area (Å²) in [6, 6.07) is 16.0. The molecular formula is C23H28N2O8. The Morgan fingerprint density at radius 2 is 1.58 bits per heavy atom. The molecule has 2 atom stereocenters. The fourth-order valence-electron chi connectivity index (χ4n) is 2.94. The largest absolute Gasteiger partial charge is 0.480 e. The number of benzene rings is 2. The van der Waals surface area contributed by atoms with Crippen molar-refractivity contribution in [3.8, 4) is 0 Å². The van der Waals surface area contributed by atoms with E-state index in [9.17, 15) is 19.5 Å². The van der Waals surface area contributed by atoms with Crippen LogP contribution in [0.1, 0.15) is 11.1 Å². The summed E-state index contributed by atoms with van der Waals surface area (Å²) in [6.45, 7) is -0.118. The molecule has 2 aromatic rings. The van der Waals surface area contributed by atoms with Gasteiger partial charge in [-0.3, -0.25) is 9.69 Å². The minimum atomic E-state index is -1.74. The van der Waals surface area contributed by atoms with Crippen molar-refractivity contribution < 1.29 is 38.4 Å². The first-order valence-electron chi connectivity index (χ1n) is 10.2. The molecule has 10 nitrogen and oxygen atoms in total. The normalized spacial score (nSPS) is 12.5. The Labute approximate surface area is 191 Å². The summed E-state index contributed by atoms with van der Waals surface area (Å²) < 4.78 is 20.7. The third-order valence-corrected chi connectivity index (χ3v) is 4.55. The van der Waals surface area contributed by atoms with Gasteiger partial charge in [-0.1, -0.05) is 60.7 Å². The fraction of sp³-hybridized carbons (Fsp3) is 0.348. The molecule has 2 aromatic carbocycles. The van der Waals surface area contributed by atoms with Crippen molar-refractivity contribution >= 4 is 18.0 Å². The van der Waals surface area contributed by atoms with Crippen LogP contribution in [-0.4, -0.2) is 67.4 Å². The van der Waals surface area contributed by atoms with Crippen molar-refractivity contribution in [1.29, 1.82) is 0 Å². The molecule has 0 saturated heterocycles. The van der Waals surface area contributed by atoms with Crippen LogP contribution in [0.15, 0.2) is 60.7 Å². The third-order valence-electron chi connectivity index (χ3n) is 4.55. The average molecular weight is 460 g/mol. The van der Waals surface area contributed by atoms with Crippen molar-refractivity contribution in [2.45, 2.75) is 25.3 Å². The zero-order chi connectivity index (χ0) is 24.1. The molecule has 3 N–H and O–H groups in total. The van der Waals surface area contributed by atoms with Crippen molar-refractivity contribution in [3.63, 3.8) is 0 Å². The second-order valence-electron chi connectivity index (χ2n) is 6.93. The SMILES string of the molecule is COCCOCOC(C(N)=O)N(C(=O)OCc1ccccc1)[C@@H](Cc1ccccc1)C(=O)O.